The van der Waals surface area contributed by atoms with Crippen LogP contribution in [0.1, 0.15) is 50.8 Å². The standard InChI is InChI=1S/C41H51N8O6P/c1-29(2)49(30(3)4)56(54-24-12-23-42)55-36(25-48-28-43-37-38(48)45-40(46-39(37)50)44-27-47(5)6)26-53-41(31-13-10-9-11-14-31,32-15-19-34(51-7)20-16-32)33-17-21-35(52-8)22-18-33/h9-11,13-22,27-30,36H,12,24-26H2,1-8H3,(H,45,46,50)/p+1/t36?,56-/m0/s1. The van der Waals surface area contributed by atoms with E-state index in [9.17, 15) is 10.1 Å². The Morgan fingerprint density at radius 3 is 2.05 bits per heavy atom. The lowest BCUT2D eigenvalue weighted by Crippen LogP contribution is -2.45. The lowest BCUT2D eigenvalue weighted by Gasteiger charge is -2.39. The molecular formula is C41H52N8O6P+. The third kappa shape index (κ3) is 9.98. The summed E-state index contributed by atoms with van der Waals surface area (Å²) in [7, 11) is 5.24. The predicted octanol–water partition coefficient (Wildman–Crippen LogP) is 6.45. The minimum Gasteiger partial charge on any atom is -0.497 e. The third-order valence-electron chi connectivity index (χ3n) is 8.90. The number of rotatable bonds is 20. The molecule has 0 aliphatic carbocycles. The molecule has 56 heavy (non-hydrogen) atoms. The van der Waals surface area contributed by atoms with E-state index in [1.165, 1.54) is 0 Å². The number of hydrogen-bond acceptors (Lipinski definition) is 10. The first-order chi connectivity index (χ1) is 27.0. The number of nitrogens with zero attached hydrogens (tertiary/aromatic N) is 6. The zero-order valence-corrected chi connectivity index (χ0v) is 34.2. The summed E-state index contributed by atoms with van der Waals surface area (Å²) in [4.78, 5) is 29.8. The highest BCUT2D eigenvalue weighted by Gasteiger charge is 2.40. The van der Waals surface area contributed by atoms with Gasteiger partial charge in [0.15, 0.2) is 6.33 Å². The van der Waals surface area contributed by atoms with Gasteiger partial charge in [-0.2, -0.15) is 10.3 Å². The highest BCUT2D eigenvalue weighted by atomic mass is 31.2. The normalized spacial score (nSPS) is 13.1. The molecule has 0 radical (unpaired) electrons. The number of nitriles is 1. The fraction of sp³-hybridized carbons (Fsp3) is 0.390. The van der Waals surface area contributed by atoms with E-state index in [4.69, 9.17) is 28.2 Å². The SMILES string of the molecule is COc1ccc(C(OCC(C[n+]2c[nH]c3c(=O)[nH]c(N=CN(C)C)nc32)O[P@](OCCC#N)N(C(C)C)C(C)C)(c2ccccc2)c2ccc(OC)cc2)cc1. The third-order valence-corrected chi connectivity index (χ3v) is 11.1. The number of aliphatic imine (C=N–C) groups is 1. The Bertz CT molecular complexity index is 2060. The van der Waals surface area contributed by atoms with Crippen molar-refractivity contribution in [3.05, 3.63) is 112 Å². The van der Waals surface area contributed by atoms with E-state index in [-0.39, 0.29) is 49.8 Å². The monoisotopic (exact) mass is 783 g/mol. The maximum atomic E-state index is 13.2. The number of benzene rings is 3. The number of hydrogen-bond donors (Lipinski definition) is 2. The number of methoxy groups -OCH3 is 2. The molecule has 2 heterocycles. The van der Waals surface area contributed by atoms with Gasteiger partial charge in [-0.15, -0.1) is 0 Å². The largest absolute Gasteiger partial charge is 0.497 e. The van der Waals surface area contributed by atoms with Crippen LogP contribution >= 0.6 is 8.53 Å². The Kier molecular flexibility index (Phi) is 14.7. The summed E-state index contributed by atoms with van der Waals surface area (Å²) < 4.78 is 35.8. The Morgan fingerprint density at radius 2 is 1.52 bits per heavy atom. The van der Waals surface area contributed by atoms with Crippen molar-refractivity contribution in [2.75, 3.05) is 41.5 Å². The summed E-state index contributed by atoms with van der Waals surface area (Å²) in [6.45, 7) is 8.83. The second-order valence-electron chi connectivity index (χ2n) is 13.8. The van der Waals surface area contributed by atoms with Gasteiger partial charge in [-0.1, -0.05) is 59.6 Å². The number of nitrogens with one attached hydrogen (secondary N) is 2. The fourth-order valence-electron chi connectivity index (χ4n) is 6.41. The molecule has 2 atom stereocenters. The minimum absolute atomic E-state index is 0.0601. The maximum absolute atomic E-state index is 13.2. The molecule has 2 N–H and O–H groups in total. The quantitative estimate of drug-likeness (QED) is 0.0225. The van der Waals surface area contributed by atoms with Gasteiger partial charge in [0.2, 0.25) is 5.52 Å². The molecule has 0 saturated heterocycles. The molecule has 2 aromatic heterocycles. The first kappa shape index (κ1) is 42.0. The molecule has 0 saturated carbocycles. The second-order valence-corrected chi connectivity index (χ2v) is 15.2. The van der Waals surface area contributed by atoms with E-state index in [2.05, 4.69) is 53.4 Å². The van der Waals surface area contributed by atoms with Crippen LogP contribution in [-0.4, -0.2) is 90.6 Å². The molecule has 5 aromatic rings. The summed E-state index contributed by atoms with van der Waals surface area (Å²) >= 11 is 0. The van der Waals surface area contributed by atoms with Crippen molar-refractivity contribution in [3.8, 4) is 17.6 Å². The van der Waals surface area contributed by atoms with Gasteiger partial charge < -0.3 is 28.2 Å². The lowest BCUT2D eigenvalue weighted by molar-refractivity contribution is -0.679. The van der Waals surface area contributed by atoms with Gasteiger partial charge in [0, 0.05) is 26.2 Å². The topological polar surface area (TPSA) is 154 Å². The van der Waals surface area contributed by atoms with Crippen LogP contribution in [0.4, 0.5) is 5.95 Å². The molecule has 0 spiro atoms. The molecule has 0 amide bonds. The number of imidazole rings is 1. The Hall–Kier alpha value is -5.16. The summed E-state index contributed by atoms with van der Waals surface area (Å²) in [5.74, 6) is 1.58. The fourth-order valence-corrected chi connectivity index (χ4v) is 8.10. The lowest BCUT2D eigenvalue weighted by atomic mass is 9.80. The second kappa shape index (κ2) is 19.6. The summed E-state index contributed by atoms with van der Waals surface area (Å²) in [6.07, 6.45) is 2.81. The van der Waals surface area contributed by atoms with Gasteiger partial charge >= 0.3 is 11.6 Å². The van der Waals surface area contributed by atoms with Crippen LogP contribution in [-0.2, 0) is 25.9 Å². The number of fused-ring (bicyclic) bond motifs is 1. The Balaban J connectivity index is 1.66. The number of aromatic nitrogens is 4. The number of aromatic amines is 2. The van der Waals surface area contributed by atoms with Crippen LogP contribution in [0.5, 0.6) is 11.5 Å². The van der Waals surface area contributed by atoms with Crippen LogP contribution in [0.25, 0.3) is 11.2 Å². The molecule has 3 aromatic carbocycles. The first-order valence-corrected chi connectivity index (χ1v) is 19.6. The van der Waals surface area contributed by atoms with Gasteiger partial charge in [0.25, 0.3) is 14.1 Å². The summed E-state index contributed by atoms with van der Waals surface area (Å²) in [6, 6.07) is 28.0. The summed E-state index contributed by atoms with van der Waals surface area (Å²) in [5.41, 5.74) is 1.82. The molecule has 14 nitrogen and oxygen atoms in total. The molecule has 0 fully saturated rings. The number of H-pyrrole nitrogens is 2. The van der Waals surface area contributed by atoms with E-state index in [0.29, 0.717) is 22.7 Å². The molecule has 1 unspecified atom stereocenters. The van der Waals surface area contributed by atoms with Crippen molar-refractivity contribution >= 4 is 32.0 Å². The van der Waals surface area contributed by atoms with E-state index in [0.717, 1.165) is 16.7 Å². The zero-order valence-electron chi connectivity index (χ0n) is 33.3. The highest BCUT2D eigenvalue weighted by Crippen LogP contribution is 2.48. The van der Waals surface area contributed by atoms with Crippen molar-refractivity contribution in [2.24, 2.45) is 4.99 Å². The molecule has 0 aliphatic rings. The predicted molar refractivity (Wildman–Crippen MR) is 217 cm³/mol. The zero-order chi connectivity index (χ0) is 40.2. The van der Waals surface area contributed by atoms with Crippen LogP contribution < -0.4 is 19.6 Å². The van der Waals surface area contributed by atoms with Crippen molar-refractivity contribution in [2.45, 2.75) is 64.4 Å². The molecule has 0 bridgehead atoms. The molecule has 296 valence electrons. The average molecular weight is 784 g/mol. The average Bonchev–Trinajstić information content (AvgIpc) is 3.60. The van der Waals surface area contributed by atoms with Gasteiger partial charge in [-0.05, 0) is 68.7 Å². The van der Waals surface area contributed by atoms with Crippen LogP contribution in [0.15, 0.2) is 95.0 Å². The van der Waals surface area contributed by atoms with Crippen LogP contribution in [0.2, 0.25) is 0 Å². The smallest absolute Gasteiger partial charge is 0.311 e. The Morgan fingerprint density at radius 1 is 0.929 bits per heavy atom. The molecule has 5 rings (SSSR count). The van der Waals surface area contributed by atoms with Crippen molar-refractivity contribution in [1.29, 1.82) is 5.26 Å². The van der Waals surface area contributed by atoms with E-state index >= 15 is 0 Å². The van der Waals surface area contributed by atoms with E-state index in [1.807, 2.05) is 97.5 Å². The first-order valence-electron chi connectivity index (χ1n) is 18.5. The Labute approximate surface area is 329 Å². The van der Waals surface area contributed by atoms with Crippen LogP contribution in [0, 0.1) is 11.3 Å². The number of ether oxygens (including phenoxy) is 3. The van der Waals surface area contributed by atoms with Gasteiger partial charge in [-0.3, -0.25) is 14.8 Å². The van der Waals surface area contributed by atoms with E-state index < -0.39 is 20.2 Å². The highest BCUT2D eigenvalue weighted by molar-refractivity contribution is 7.44. The van der Waals surface area contributed by atoms with Gasteiger partial charge in [0.1, 0.15) is 29.7 Å². The van der Waals surface area contributed by atoms with Crippen LogP contribution in [0.3, 0.4) is 0 Å². The van der Waals surface area contributed by atoms with Gasteiger partial charge in [0.05, 0.1) is 46.3 Å². The maximum Gasteiger partial charge on any atom is 0.311 e. The van der Waals surface area contributed by atoms with Crippen molar-refractivity contribution < 1.29 is 27.8 Å². The van der Waals surface area contributed by atoms with E-state index in [1.54, 1.807) is 31.8 Å². The minimum atomic E-state index is -1.70. The van der Waals surface area contributed by atoms with Crippen molar-refractivity contribution in [3.63, 3.8) is 0 Å². The molecule has 15 heteroatoms. The summed E-state index contributed by atoms with van der Waals surface area (Å²) in [5, 5.41) is 9.40. The molecule has 0 aliphatic heterocycles. The van der Waals surface area contributed by atoms with Gasteiger partial charge in [-0.25, -0.2) is 9.24 Å². The molecular weight excluding hydrogens is 731 g/mol. The van der Waals surface area contributed by atoms with Crippen molar-refractivity contribution in [1.82, 2.24) is 24.5 Å².